The molecular weight excluding hydrogens is 746 g/mol. The van der Waals surface area contributed by atoms with Gasteiger partial charge in [-0.25, -0.2) is 0 Å². The fraction of sp³-hybridized carbons (Fsp3) is 0.278. The van der Waals surface area contributed by atoms with Gasteiger partial charge in [0.15, 0.2) is 0 Å². The van der Waals surface area contributed by atoms with Gasteiger partial charge in [-0.2, -0.15) is 0 Å². The minimum absolute atomic E-state index is 0.0909. The second kappa shape index (κ2) is 12.9. The summed E-state index contributed by atoms with van der Waals surface area (Å²) in [6.45, 7) is 8.37. The molecule has 0 heterocycles. The number of anilines is 2. The van der Waals surface area contributed by atoms with Crippen molar-refractivity contribution in [3.05, 3.63) is 124 Å². The van der Waals surface area contributed by atoms with Gasteiger partial charge >= 0.3 is 0 Å². The van der Waals surface area contributed by atoms with Gasteiger partial charge in [0.05, 0.1) is 0 Å². The van der Waals surface area contributed by atoms with Gasteiger partial charge in [-0.15, -0.1) is 0 Å². The highest BCUT2D eigenvalue weighted by molar-refractivity contribution is 14.1. The van der Waals surface area contributed by atoms with Gasteiger partial charge in [0.1, 0.15) is 0 Å². The molecule has 4 aromatic carbocycles. The Bertz CT molecular complexity index is 1470. The molecule has 1 saturated carbocycles. The number of benzene rings is 4. The van der Waals surface area contributed by atoms with Crippen molar-refractivity contribution in [2.75, 3.05) is 10.6 Å². The first-order chi connectivity index (χ1) is 20.1. The van der Waals surface area contributed by atoms with Crippen LogP contribution in [0.15, 0.2) is 72.8 Å². The smallest absolute Gasteiger partial charge is 0.255 e. The summed E-state index contributed by atoms with van der Waals surface area (Å²) in [6, 6.07) is 24.4. The van der Waals surface area contributed by atoms with Crippen LogP contribution < -0.4 is 10.6 Å². The van der Waals surface area contributed by atoms with Crippen molar-refractivity contribution in [2.45, 2.75) is 65.2 Å². The Morgan fingerprint density at radius 3 is 1.24 bits per heavy atom. The Labute approximate surface area is 276 Å². The Morgan fingerprint density at radius 2 is 0.905 bits per heavy atom. The van der Waals surface area contributed by atoms with Crippen LogP contribution in [0.3, 0.4) is 0 Å². The van der Waals surface area contributed by atoms with Crippen molar-refractivity contribution in [3.63, 3.8) is 0 Å². The number of rotatable bonds is 6. The van der Waals surface area contributed by atoms with Crippen LogP contribution >= 0.6 is 45.2 Å². The molecule has 1 aliphatic carbocycles. The molecule has 2 amide bonds. The molecule has 1 fully saturated rings. The molecule has 216 valence electrons. The zero-order valence-corrected chi connectivity index (χ0v) is 28.9. The van der Waals surface area contributed by atoms with Crippen LogP contribution in [-0.4, -0.2) is 11.8 Å². The second-order valence-corrected chi connectivity index (χ2v) is 14.0. The SMILES string of the molecule is Cc1cc(C2(c3cc(C)c(NC(=O)c4ccc(I)cc4)c(C)c3)CCCCC2)cc(C)c1NC(=O)c1ccc(I)cc1. The minimum atomic E-state index is -0.111. The highest BCUT2D eigenvalue weighted by atomic mass is 127. The van der Waals surface area contributed by atoms with Gasteiger partial charge in [-0.05, 0) is 168 Å². The number of nitrogens with one attached hydrogen (secondary N) is 2. The molecule has 0 radical (unpaired) electrons. The third-order valence-corrected chi connectivity index (χ3v) is 10.0. The molecule has 42 heavy (non-hydrogen) atoms. The first-order valence-electron chi connectivity index (χ1n) is 14.4. The maximum atomic E-state index is 13.0. The molecule has 0 aromatic heterocycles. The first-order valence-corrected chi connectivity index (χ1v) is 16.6. The number of carbonyl (C=O) groups excluding carboxylic acids is 2. The quantitative estimate of drug-likeness (QED) is 0.192. The molecule has 0 unspecified atom stereocenters. The van der Waals surface area contributed by atoms with Gasteiger partial charge in [-0.3, -0.25) is 9.59 Å². The van der Waals surface area contributed by atoms with Crippen molar-refractivity contribution in [1.29, 1.82) is 0 Å². The highest BCUT2D eigenvalue weighted by Crippen LogP contribution is 2.47. The maximum Gasteiger partial charge on any atom is 0.255 e. The Morgan fingerprint density at radius 1 is 0.571 bits per heavy atom. The second-order valence-electron chi connectivity index (χ2n) is 11.5. The van der Waals surface area contributed by atoms with Gasteiger partial charge in [0.2, 0.25) is 0 Å². The van der Waals surface area contributed by atoms with Crippen LogP contribution in [-0.2, 0) is 5.41 Å². The average molecular weight is 783 g/mol. The summed E-state index contributed by atoms with van der Waals surface area (Å²) in [4.78, 5) is 26.1. The summed E-state index contributed by atoms with van der Waals surface area (Å²) in [7, 11) is 0. The lowest BCUT2D eigenvalue weighted by molar-refractivity contribution is 0.101. The maximum absolute atomic E-state index is 13.0. The van der Waals surface area contributed by atoms with Crippen molar-refractivity contribution in [3.8, 4) is 0 Å². The summed E-state index contributed by atoms with van der Waals surface area (Å²) >= 11 is 4.50. The summed E-state index contributed by atoms with van der Waals surface area (Å²) in [5.74, 6) is -0.182. The van der Waals surface area contributed by atoms with E-state index in [-0.39, 0.29) is 17.2 Å². The molecule has 0 bridgehead atoms. The van der Waals surface area contributed by atoms with Crippen molar-refractivity contribution in [1.82, 2.24) is 0 Å². The van der Waals surface area contributed by atoms with Crippen molar-refractivity contribution < 1.29 is 9.59 Å². The first kappa shape index (κ1) is 30.7. The third kappa shape index (κ3) is 6.44. The molecular formula is C36H36I2N2O2. The zero-order valence-electron chi connectivity index (χ0n) is 24.5. The fourth-order valence-corrected chi connectivity index (χ4v) is 7.07. The Kier molecular flexibility index (Phi) is 9.42. The molecule has 4 aromatic rings. The lowest BCUT2D eigenvalue weighted by Crippen LogP contribution is -2.31. The average Bonchev–Trinajstić information content (AvgIpc) is 2.97. The third-order valence-electron chi connectivity index (χ3n) is 8.57. The van der Waals surface area contributed by atoms with E-state index in [1.165, 1.54) is 30.4 Å². The number of hydrogen-bond donors (Lipinski definition) is 2. The lowest BCUT2D eigenvalue weighted by atomic mass is 9.64. The largest absolute Gasteiger partial charge is 0.322 e. The number of halogens is 2. The number of aryl methyl sites for hydroxylation is 4. The molecule has 5 rings (SSSR count). The van der Waals surface area contributed by atoms with E-state index >= 15 is 0 Å². The monoisotopic (exact) mass is 782 g/mol. The molecule has 0 spiro atoms. The fourth-order valence-electron chi connectivity index (χ4n) is 6.35. The number of carbonyl (C=O) groups is 2. The standard InChI is InChI=1S/C36H36I2N2O2/c1-22-18-28(19-23(2)32(22)39-34(41)26-8-12-30(37)13-9-26)36(16-6-5-7-17-36)29-20-24(3)33(25(4)21-29)40-35(42)27-10-14-31(38)15-11-27/h8-15,18-21H,5-7,16-17H2,1-4H3,(H,39,41)(H,40,42). The minimum Gasteiger partial charge on any atom is -0.322 e. The van der Waals surface area contributed by atoms with E-state index in [1.54, 1.807) is 0 Å². The summed E-state index contributed by atoms with van der Waals surface area (Å²) in [5.41, 5.74) is 9.87. The summed E-state index contributed by atoms with van der Waals surface area (Å²) < 4.78 is 2.20. The normalized spacial score (nSPS) is 14.3. The van der Waals surface area contributed by atoms with E-state index in [4.69, 9.17) is 0 Å². The van der Waals surface area contributed by atoms with Crippen molar-refractivity contribution in [2.24, 2.45) is 0 Å². The van der Waals surface area contributed by atoms with E-state index < -0.39 is 0 Å². The van der Waals surface area contributed by atoms with Crippen molar-refractivity contribution >= 4 is 68.4 Å². The molecule has 6 heteroatoms. The van der Waals surface area contributed by atoms with Gasteiger partial charge in [-0.1, -0.05) is 43.5 Å². The molecule has 4 nitrogen and oxygen atoms in total. The molecule has 0 atom stereocenters. The summed E-state index contributed by atoms with van der Waals surface area (Å²) in [6.07, 6.45) is 5.74. The van der Waals surface area contributed by atoms with E-state index in [1.807, 2.05) is 48.5 Å². The van der Waals surface area contributed by atoms with E-state index in [9.17, 15) is 9.59 Å². The van der Waals surface area contributed by atoms with E-state index in [0.29, 0.717) is 11.1 Å². The van der Waals surface area contributed by atoms with Gasteiger partial charge in [0.25, 0.3) is 11.8 Å². The molecule has 0 saturated heterocycles. The van der Waals surface area contributed by atoms with Crippen LogP contribution in [0, 0.1) is 34.8 Å². The van der Waals surface area contributed by atoms with Crippen LogP contribution in [0.5, 0.6) is 0 Å². The molecule has 0 aliphatic heterocycles. The van der Waals surface area contributed by atoms with Gasteiger partial charge < -0.3 is 10.6 Å². The predicted octanol–water partition coefficient (Wildman–Crippen LogP) is 9.88. The molecule has 2 N–H and O–H groups in total. The zero-order chi connectivity index (χ0) is 30.0. The van der Waals surface area contributed by atoms with Crippen LogP contribution in [0.2, 0.25) is 0 Å². The molecule has 1 aliphatic rings. The summed E-state index contributed by atoms with van der Waals surface area (Å²) in [5, 5.41) is 6.35. The lowest BCUT2D eigenvalue weighted by Gasteiger charge is -2.40. The van der Waals surface area contributed by atoms with Crippen LogP contribution in [0.1, 0.15) is 86.2 Å². The van der Waals surface area contributed by atoms with Crippen LogP contribution in [0.25, 0.3) is 0 Å². The number of hydrogen-bond acceptors (Lipinski definition) is 2. The Balaban J connectivity index is 1.47. The Hall–Kier alpha value is -2.72. The highest BCUT2D eigenvalue weighted by Gasteiger charge is 2.37. The van der Waals surface area contributed by atoms with Crippen LogP contribution in [0.4, 0.5) is 11.4 Å². The predicted molar refractivity (Wildman–Crippen MR) is 190 cm³/mol. The number of amides is 2. The van der Waals surface area contributed by atoms with E-state index in [0.717, 1.165) is 53.6 Å². The van der Waals surface area contributed by atoms with Gasteiger partial charge in [0, 0.05) is 35.1 Å². The van der Waals surface area contributed by atoms with E-state index in [2.05, 4.69) is 108 Å². The topological polar surface area (TPSA) is 58.2 Å².